The van der Waals surface area contributed by atoms with E-state index in [0.29, 0.717) is 0 Å². The molecule has 0 fully saturated rings. The van der Waals surface area contributed by atoms with E-state index in [4.69, 9.17) is 0 Å². The summed E-state index contributed by atoms with van der Waals surface area (Å²) < 4.78 is 29.3. The number of halogens is 3. The third-order valence-electron chi connectivity index (χ3n) is 3.03. The van der Waals surface area contributed by atoms with Crippen LogP contribution >= 0.6 is 15.9 Å². The second-order valence-corrected chi connectivity index (χ2v) is 5.39. The van der Waals surface area contributed by atoms with Gasteiger partial charge in [0.25, 0.3) is 0 Å². The fraction of sp³-hybridized carbons (Fsp3) is 0.267. The van der Waals surface area contributed by atoms with Crippen LogP contribution in [0.4, 0.5) is 14.5 Å². The standard InChI is InChI=1S/C15H15BrF2N2O/c1-9(19-13-7-8-14(16)20-10(13)2)11-3-5-12(6-4-11)21-15(17)18/h3-9,15,19H,1-2H3. The minimum absolute atomic E-state index is 0.0206. The number of anilines is 1. The van der Waals surface area contributed by atoms with E-state index in [-0.39, 0.29) is 11.8 Å². The lowest BCUT2D eigenvalue weighted by Gasteiger charge is -2.17. The van der Waals surface area contributed by atoms with Gasteiger partial charge in [-0.1, -0.05) is 12.1 Å². The molecule has 6 heteroatoms. The Morgan fingerprint density at radius 3 is 2.38 bits per heavy atom. The number of pyridine rings is 1. The molecular formula is C15H15BrF2N2O. The number of hydrogen-bond donors (Lipinski definition) is 1. The first kappa shape index (κ1) is 15.7. The van der Waals surface area contributed by atoms with Crippen LogP contribution in [0, 0.1) is 6.92 Å². The van der Waals surface area contributed by atoms with Crippen molar-refractivity contribution in [2.45, 2.75) is 26.5 Å². The first-order valence-electron chi connectivity index (χ1n) is 6.40. The molecule has 2 aromatic rings. The van der Waals surface area contributed by atoms with Crippen LogP contribution in [-0.2, 0) is 0 Å². The highest BCUT2D eigenvalue weighted by atomic mass is 79.9. The molecular weight excluding hydrogens is 342 g/mol. The molecule has 1 N–H and O–H groups in total. The molecule has 0 saturated carbocycles. The summed E-state index contributed by atoms with van der Waals surface area (Å²) in [5.74, 6) is 0.155. The van der Waals surface area contributed by atoms with Gasteiger partial charge in [-0.25, -0.2) is 4.98 Å². The Morgan fingerprint density at radius 2 is 1.81 bits per heavy atom. The lowest BCUT2D eigenvalue weighted by atomic mass is 10.1. The third-order valence-corrected chi connectivity index (χ3v) is 3.47. The van der Waals surface area contributed by atoms with Crippen LogP contribution in [-0.4, -0.2) is 11.6 Å². The SMILES string of the molecule is Cc1nc(Br)ccc1NC(C)c1ccc(OC(F)F)cc1. The largest absolute Gasteiger partial charge is 0.435 e. The summed E-state index contributed by atoms with van der Waals surface area (Å²) in [6.07, 6.45) is 0. The molecule has 112 valence electrons. The van der Waals surface area contributed by atoms with Crippen LogP contribution in [0.5, 0.6) is 5.75 Å². The topological polar surface area (TPSA) is 34.2 Å². The van der Waals surface area contributed by atoms with Crippen LogP contribution in [0.25, 0.3) is 0 Å². The van der Waals surface area contributed by atoms with Gasteiger partial charge < -0.3 is 10.1 Å². The van der Waals surface area contributed by atoms with Gasteiger partial charge in [-0.2, -0.15) is 8.78 Å². The number of aromatic nitrogens is 1. The zero-order chi connectivity index (χ0) is 15.4. The Hall–Kier alpha value is -1.69. The Labute approximate surface area is 130 Å². The van der Waals surface area contributed by atoms with Crippen molar-refractivity contribution in [2.24, 2.45) is 0 Å². The summed E-state index contributed by atoms with van der Waals surface area (Å²) in [5, 5.41) is 3.34. The van der Waals surface area contributed by atoms with Crippen molar-refractivity contribution in [1.82, 2.24) is 4.98 Å². The Balaban J connectivity index is 2.07. The van der Waals surface area contributed by atoms with Crippen LogP contribution in [0.1, 0.15) is 24.2 Å². The molecule has 1 heterocycles. The smallest absolute Gasteiger partial charge is 0.387 e. The molecule has 21 heavy (non-hydrogen) atoms. The first-order valence-corrected chi connectivity index (χ1v) is 7.19. The number of hydrogen-bond acceptors (Lipinski definition) is 3. The van der Waals surface area contributed by atoms with Crippen LogP contribution in [0.15, 0.2) is 41.0 Å². The van der Waals surface area contributed by atoms with E-state index in [1.165, 1.54) is 12.1 Å². The molecule has 1 unspecified atom stereocenters. The number of nitrogens with one attached hydrogen (secondary N) is 1. The predicted molar refractivity (Wildman–Crippen MR) is 81.8 cm³/mol. The molecule has 1 atom stereocenters. The zero-order valence-electron chi connectivity index (χ0n) is 11.6. The van der Waals surface area contributed by atoms with E-state index in [2.05, 4.69) is 31.0 Å². The van der Waals surface area contributed by atoms with Gasteiger partial charge in [0, 0.05) is 6.04 Å². The van der Waals surface area contributed by atoms with Crippen molar-refractivity contribution >= 4 is 21.6 Å². The van der Waals surface area contributed by atoms with Crippen molar-refractivity contribution < 1.29 is 13.5 Å². The van der Waals surface area contributed by atoms with Crippen molar-refractivity contribution in [1.29, 1.82) is 0 Å². The maximum absolute atomic E-state index is 12.1. The average Bonchev–Trinajstić information content (AvgIpc) is 2.42. The molecule has 0 amide bonds. The molecule has 0 saturated heterocycles. The molecule has 0 aliphatic rings. The second-order valence-electron chi connectivity index (χ2n) is 4.58. The van der Waals surface area contributed by atoms with Crippen molar-refractivity contribution in [3.63, 3.8) is 0 Å². The summed E-state index contributed by atoms with van der Waals surface area (Å²) in [4.78, 5) is 4.32. The molecule has 1 aromatic heterocycles. The van der Waals surface area contributed by atoms with E-state index in [1.54, 1.807) is 12.1 Å². The van der Waals surface area contributed by atoms with E-state index >= 15 is 0 Å². The fourth-order valence-electron chi connectivity index (χ4n) is 1.94. The van der Waals surface area contributed by atoms with Gasteiger partial charge in [0.05, 0.1) is 11.4 Å². The molecule has 2 rings (SSSR count). The Kier molecular flexibility index (Phi) is 5.12. The minimum Gasteiger partial charge on any atom is -0.435 e. The van der Waals surface area contributed by atoms with Crippen LogP contribution in [0.2, 0.25) is 0 Å². The second kappa shape index (κ2) is 6.85. The lowest BCUT2D eigenvalue weighted by Crippen LogP contribution is -2.08. The molecule has 1 aromatic carbocycles. The molecule has 0 bridgehead atoms. The first-order chi connectivity index (χ1) is 9.95. The molecule has 0 aliphatic heterocycles. The van der Waals surface area contributed by atoms with Gasteiger partial charge >= 0.3 is 6.61 Å². The highest BCUT2D eigenvalue weighted by Gasteiger charge is 2.09. The van der Waals surface area contributed by atoms with E-state index in [0.717, 1.165) is 21.5 Å². The number of nitrogens with zero attached hydrogens (tertiary/aromatic N) is 1. The number of benzene rings is 1. The van der Waals surface area contributed by atoms with Gasteiger partial charge in [0.1, 0.15) is 10.4 Å². The molecule has 3 nitrogen and oxygen atoms in total. The lowest BCUT2D eigenvalue weighted by molar-refractivity contribution is -0.0498. The predicted octanol–water partition coefficient (Wildman–Crippen LogP) is 4.93. The summed E-state index contributed by atoms with van der Waals surface area (Å²) in [6.45, 7) is 1.10. The van der Waals surface area contributed by atoms with E-state index in [1.807, 2.05) is 26.0 Å². The van der Waals surface area contributed by atoms with Crippen molar-refractivity contribution in [2.75, 3.05) is 5.32 Å². The minimum atomic E-state index is -2.80. The molecule has 0 aliphatic carbocycles. The summed E-state index contributed by atoms with van der Waals surface area (Å²) in [7, 11) is 0. The maximum atomic E-state index is 12.1. The summed E-state index contributed by atoms with van der Waals surface area (Å²) in [5.41, 5.74) is 2.78. The third kappa shape index (κ3) is 4.39. The van der Waals surface area contributed by atoms with Crippen LogP contribution in [0.3, 0.4) is 0 Å². The Morgan fingerprint density at radius 1 is 1.14 bits per heavy atom. The molecule has 0 radical (unpaired) electrons. The number of ether oxygens (including phenoxy) is 1. The number of alkyl halides is 2. The van der Waals surface area contributed by atoms with Crippen molar-refractivity contribution in [3.8, 4) is 5.75 Å². The molecule has 0 spiro atoms. The van der Waals surface area contributed by atoms with Crippen LogP contribution < -0.4 is 10.1 Å². The number of rotatable bonds is 5. The fourth-order valence-corrected chi connectivity index (χ4v) is 2.34. The average molecular weight is 357 g/mol. The van der Waals surface area contributed by atoms with E-state index < -0.39 is 6.61 Å². The van der Waals surface area contributed by atoms with Gasteiger partial charge in [0.15, 0.2) is 0 Å². The quantitative estimate of drug-likeness (QED) is 0.771. The zero-order valence-corrected chi connectivity index (χ0v) is 13.2. The van der Waals surface area contributed by atoms with Crippen molar-refractivity contribution in [3.05, 3.63) is 52.3 Å². The maximum Gasteiger partial charge on any atom is 0.387 e. The van der Waals surface area contributed by atoms with Gasteiger partial charge in [-0.3, -0.25) is 0 Å². The van der Waals surface area contributed by atoms with Gasteiger partial charge in [-0.15, -0.1) is 0 Å². The highest BCUT2D eigenvalue weighted by molar-refractivity contribution is 9.10. The Bertz CT molecular complexity index is 605. The van der Waals surface area contributed by atoms with Gasteiger partial charge in [0.2, 0.25) is 0 Å². The van der Waals surface area contributed by atoms with E-state index in [9.17, 15) is 8.78 Å². The summed E-state index contributed by atoms with van der Waals surface area (Å²) in [6, 6.07) is 10.4. The number of aryl methyl sites for hydroxylation is 1. The summed E-state index contributed by atoms with van der Waals surface area (Å²) >= 11 is 3.32. The highest BCUT2D eigenvalue weighted by Crippen LogP contribution is 2.24. The van der Waals surface area contributed by atoms with Gasteiger partial charge in [-0.05, 0) is 59.6 Å². The monoisotopic (exact) mass is 356 g/mol. The normalized spacial score (nSPS) is 12.3.